The molecule has 0 aliphatic carbocycles. The Morgan fingerprint density at radius 2 is 2.56 bits per heavy atom. The van der Waals surface area contributed by atoms with E-state index in [1.807, 2.05) is 11.9 Å². The molecule has 16 heavy (non-hydrogen) atoms. The first kappa shape index (κ1) is 11.0. The van der Waals surface area contributed by atoms with Crippen molar-refractivity contribution in [3.8, 4) is 0 Å². The average Bonchev–Trinajstić information content (AvgIpc) is 2.89. The summed E-state index contributed by atoms with van der Waals surface area (Å²) in [5.74, 6) is 1.09. The van der Waals surface area contributed by atoms with Crippen LogP contribution in [0.4, 0.5) is 0 Å². The van der Waals surface area contributed by atoms with Gasteiger partial charge in [-0.25, -0.2) is 0 Å². The summed E-state index contributed by atoms with van der Waals surface area (Å²) in [4.78, 5) is 17.7. The van der Waals surface area contributed by atoms with Crippen LogP contribution in [0.2, 0.25) is 0 Å². The molecule has 0 unspecified atom stereocenters. The third-order valence-electron chi connectivity index (χ3n) is 2.28. The quantitative estimate of drug-likeness (QED) is 0.753. The number of aliphatic imine (C=N–C) groups is 1. The highest BCUT2D eigenvalue weighted by Crippen LogP contribution is 2.23. The van der Waals surface area contributed by atoms with Crippen LogP contribution in [0, 0.1) is 0 Å². The molecule has 1 aromatic heterocycles. The van der Waals surface area contributed by atoms with E-state index in [4.69, 9.17) is 4.42 Å². The van der Waals surface area contributed by atoms with Gasteiger partial charge in [-0.05, 0) is 12.1 Å². The molecule has 2 rings (SSSR count). The van der Waals surface area contributed by atoms with E-state index in [1.165, 1.54) is 6.26 Å². The van der Waals surface area contributed by atoms with Crippen molar-refractivity contribution >= 4 is 22.7 Å². The summed E-state index contributed by atoms with van der Waals surface area (Å²) in [5.41, 5.74) is 1.01. The Labute approximate surface area is 98.0 Å². The van der Waals surface area contributed by atoms with Crippen molar-refractivity contribution in [2.24, 2.45) is 4.99 Å². The number of rotatable bonds is 3. The van der Waals surface area contributed by atoms with E-state index >= 15 is 0 Å². The Morgan fingerprint density at radius 1 is 1.75 bits per heavy atom. The molecule has 1 saturated heterocycles. The zero-order valence-corrected chi connectivity index (χ0v) is 9.79. The fourth-order valence-corrected chi connectivity index (χ4v) is 2.25. The molecule has 1 aliphatic heterocycles. The van der Waals surface area contributed by atoms with Crippen LogP contribution >= 0.6 is 11.8 Å². The first-order valence-corrected chi connectivity index (χ1v) is 5.82. The zero-order chi connectivity index (χ0) is 11.5. The van der Waals surface area contributed by atoms with Crippen LogP contribution in [-0.4, -0.2) is 35.2 Å². The smallest absolute Gasteiger partial charge is 0.219 e. The van der Waals surface area contributed by atoms with Crippen LogP contribution in [-0.2, 0) is 0 Å². The van der Waals surface area contributed by atoms with E-state index in [2.05, 4.69) is 11.6 Å². The third kappa shape index (κ3) is 2.19. The molecule has 1 fully saturated rings. The summed E-state index contributed by atoms with van der Waals surface area (Å²) in [5, 5.41) is 0.838. The molecule has 5 heteroatoms. The molecular weight excluding hydrogens is 224 g/mol. The number of nitrogens with zero attached hydrogens (tertiary/aromatic N) is 2. The minimum Gasteiger partial charge on any atom is -0.461 e. The minimum absolute atomic E-state index is 0.107. The van der Waals surface area contributed by atoms with Crippen LogP contribution in [0.3, 0.4) is 0 Å². The summed E-state index contributed by atoms with van der Waals surface area (Å²) < 4.78 is 5.00. The molecule has 0 saturated carbocycles. The highest BCUT2D eigenvalue weighted by molar-refractivity contribution is 8.14. The fraction of sp³-hybridized carbons (Fsp3) is 0.273. The van der Waals surface area contributed by atoms with Gasteiger partial charge in [0.25, 0.3) is 0 Å². The van der Waals surface area contributed by atoms with Crippen molar-refractivity contribution in [2.45, 2.75) is 0 Å². The van der Waals surface area contributed by atoms with Crippen molar-refractivity contribution in [3.63, 3.8) is 0 Å². The van der Waals surface area contributed by atoms with Crippen LogP contribution in [0.15, 0.2) is 40.1 Å². The molecule has 0 amide bonds. The van der Waals surface area contributed by atoms with Crippen LogP contribution in [0.5, 0.6) is 0 Å². The number of hydrogen-bond acceptors (Lipinski definition) is 4. The molecular formula is C11H12N2O2S. The molecule has 2 heterocycles. The number of carbonyl (C=O) groups is 1. The Bertz CT molecular complexity index is 437. The Kier molecular flexibility index (Phi) is 3.14. The number of carbonyl (C=O) groups excluding carboxylic acids is 1. The lowest BCUT2D eigenvalue weighted by molar-refractivity contribution is 0.0975. The van der Waals surface area contributed by atoms with Gasteiger partial charge in [0.2, 0.25) is 5.78 Å². The average molecular weight is 236 g/mol. The summed E-state index contributed by atoms with van der Waals surface area (Å²) in [7, 11) is 1.90. The van der Waals surface area contributed by atoms with Crippen molar-refractivity contribution in [2.75, 3.05) is 19.3 Å². The van der Waals surface area contributed by atoms with Gasteiger partial charge in [-0.3, -0.25) is 9.79 Å². The molecule has 84 valence electrons. The van der Waals surface area contributed by atoms with E-state index in [9.17, 15) is 4.79 Å². The highest BCUT2D eigenvalue weighted by Gasteiger charge is 2.19. The van der Waals surface area contributed by atoms with Crippen molar-refractivity contribution < 1.29 is 9.21 Å². The van der Waals surface area contributed by atoms with E-state index in [-0.39, 0.29) is 12.3 Å². The standard InChI is InChI=1S/C11H12N2O2S/c1-8-7-16-11(13(8)2)12-6-9(14)10-4-3-5-15-10/h3-5H,1,6-7H2,2H3. The molecule has 0 aromatic carbocycles. The lowest BCUT2D eigenvalue weighted by atomic mass is 10.3. The van der Waals surface area contributed by atoms with Gasteiger partial charge < -0.3 is 9.32 Å². The zero-order valence-electron chi connectivity index (χ0n) is 8.97. The Hall–Kier alpha value is -1.49. The van der Waals surface area contributed by atoms with Crippen molar-refractivity contribution in [3.05, 3.63) is 36.4 Å². The van der Waals surface area contributed by atoms with E-state index < -0.39 is 0 Å². The van der Waals surface area contributed by atoms with Gasteiger partial charge in [0.05, 0.1) is 6.26 Å². The summed E-state index contributed by atoms with van der Waals surface area (Å²) >= 11 is 1.59. The Morgan fingerprint density at radius 3 is 3.12 bits per heavy atom. The predicted octanol–water partition coefficient (Wildman–Crippen LogP) is 2.01. The van der Waals surface area contributed by atoms with E-state index in [0.717, 1.165) is 16.6 Å². The molecule has 1 aliphatic rings. The van der Waals surface area contributed by atoms with E-state index in [1.54, 1.807) is 23.9 Å². The molecule has 0 atom stereocenters. The number of furan rings is 1. The highest BCUT2D eigenvalue weighted by atomic mass is 32.2. The summed E-state index contributed by atoms with van der Waals surface area (Å²) in [6.07, 6.45) is 1.48. The minimum atomic E-state index is -0.107. The van der Waals surface area contributed by atoms with Gasteiger partial charge >= 0.3 is 0 Å². The number of Topliss-reactive ketones (excluding diaryl/α,β-unsaturated/α-hetero) is 1. The van der Waals surface area contributed by atoms with Crippen LogP contribution in [0.1, 0.15) is 10.6 Å². The Balaban J connectivity index is 1.99. The van der Waals surface area contributed by atoms with E-state index in [0.29, 0.717) is 5.76 Å². The van der Waals surface area contributed by atoms with Gasteiger partial charge in [0.15, 0.2) is 10.9 Å². The predicted molar refractivity (Wildman–Crippen MR) is 64.7 cm³/mol. The first-order chi connectivity index (χ1) is 7.68. The SMILES string of the molecule is C=C1CSC(=NCC(=O)c2ccco2)N1C. The van der Waals surface area contributed by atoms with Gasteiger partial charge in [0.1, 0.15) is 6.54 Å². The van der Waals surface area contributed by atoms with Gasteiger partial charge in [-0.15, -0.1) is 0 Å². The van der Waals surface area contributed by atoms with Crippen LogP contribution in [0.25, 0.3) is 0 Å². The number of amidine groups is 1. The number of thioether (sulfide) groups is 1. The summed E-state index contributed by atoms with van der Waals surface area (Å²) in [6, 6.07) is 3.34. The normalized spacial score (nSPS) is 18.4. The molecule has 1 aromatic rings. The second kappa shape index (κ2) is 4.57. The maximum Gasteiger partial charge on any atom is 0.219 e. The number of hydrogen-bond donors (Lipinski definition) is 0. The maximum absolute atomic E-state index is 11.6. The molecule has 0 bridgehead atoms. The maximum atomic E-state index is 11.6. The first-order valence-electron chi connectivity index (χ1n) is 4.84. The number of ketones is 1. The molecule has 0 radical (unpaired) electrons. The summed E-state index contributed by atoms with van der Waals surface area (Å²) in [6.45, 7) is 4.00. The largest absolute Gasteiger partial charge is 0.461 e. The molecule has 0 spiro atoms. The topological polar surface area (TPSA) is 45.8 Å². The van der Waals surface area contributed by atoms with Crippen LogP contribution < -0.4 is 0 Å². The second-order valence-corrected chi connectivity index (χ2v) is 4.36. The van der Waals surface area contributed by atoms with Crippen molar-refractivity contribution in [1.82, 2.24) is 4.90 Å². The fourth-order valence-electron chi connectivity index (χ4n) is 1.28. The van der Waals surface area contributed by atoms with Gasteiger partial charge in [-0.2, -0.15) is 0 Å². The second-order valence-electron chi connectivity index (χ2n) is 3.41. The monoisotopic (exact) mass is 236 g/mol. The van der Waals surface area contributed by atoms with Gasteiger partial charge in [-0.1, -0.05) is 18.3 Å². The molecule has 4 nitrogen and oxygen atoms in total. The lowest BCUT2D eigenvalue weighted by Crippen LogP contribution is -2.17. The van der Waals surface area contributed by atoms with Crippen molar-refractivity contribution in [1.29, 1.82) is 0 Å². The lowest BCUT2D eigenvalue weighted by Gasteiger charge is -2.10. The molecule has 0 N–H and O–H groups in total. The van der Waals surface area contributed by atoms with Gasteiger partial charge in [0, 0.05) is 18.5 Å². The third-order valence-corrected chi connectivity index (χ3v) is 3.42.